The third-order valence-corrected chi connectivity index (χ3v) is 3.17. The minimum Gasteiger partial charge on any atom is -0.395 e. The van der Waals surface area contributed by atoms with Crippen molar-refractivity contribution in [1.82, 2.24) is 14.6 Å². The second-order valence-corrected chi connectivity index (χ2v) is 4.46. The van der Waals surface area contributed by atoms with E-state index in [0.29, 0.717) is 5.02 Å². The van der Waals surface area contributed by atoms with Crippen molar-refractivity contribution in [3.05, 3.63) is 29.2 Å². The van der Waals surface area contributed by atoms with E-state index in [1.54, 1.807) is 22.8 Å². The molecule has 0 spiro atoms. The molecular weight excluding hydrogens is 214 g/mol. The minimum atomic E-state index is -0.182. The molecule has 0 aliphatic heterocycles. The Kier molecular flexibility index (Phi) is 1.78. The summed E-state index contributed by atoms with van der Waals surface area (Å²) < 4.78 is 1.69. The Morgan fingerprint density at radius 1 is 1.53 bits per heavy atom. The fourth-order valence-corrected chi connectivity index (χ4v) is 1.84. The smallest absolute Gasteiger partial charge is 0.160 e. The Bertz CT molecular complexity index is 518. The Morgan fingerprint density at radius 2 is 2.33 bits per heavy atom. The van der Waals surface area contributed by atoms with Crippen LogP contribution in [-0.4, -0.2) is 26.3 Å². The first-order valence-corrected chi connectivity index (χ1v) is 5.25. The first kappa shape index (κ1) is 9.12. The predicted molar refractivity (Wildman–Crippen MR) is 56.0 cm³/mol. The lowest BCUT2D eigenvalue weighted by atomic mass is 10.1. The highest BCUT2D eigenvalue weighted by atomic mass is 35.5. The molecule has 2 aromatic heterocycles. The molecule has 1 saturated carbocycles. The summed E-state index contributed by atoms with van der Waals surface area (Å²) in [7, 11) is 0. The number of nitrogens with zero attached hydrogens (tertiary/aromatic N) is 3. The second kappa shape index (κ2) is 2.93. The fraction of sp³-hybridized carbons (Fsp3) is 0.400. The van der Waals surface area contributed by atoms with Gasteiger partial charge in [-0.05, 0) is 18.9 Å². The molecule has 4 nitrogen and oxygen atoms in total. The van der Waals surface area contributed by atoms with Gasteiger partial charge in [0.1, 0.15) is 0 Å². The largest absolute Gasteiger partial charge is 0.395 e. The molecule has 0 unspecified atom stereocenters. The zero-order chi connectivity index (χ0) is 10.5. The zero-order valence-corrected chi connectivity index (χ0v) is 8.78. The molecule has 0 saturated heterocycles. The van der Waals surface area contributed by atoms with Gasteiger partial charge in [0, 0.05) is 17.3 Å². The normalized spacial score (nSPS) is 18.3. The van der Waals surface area contributed by atoms with Gasteiger partial charge in [-0.15, -0.1) is 0 Å². The number of aliphatic hydroxyl groups is 1. The van der Waals surface area contributed by atoms with E-state index in [1.165, 1.54) is 0 Å². The van der Waals surface area contributed by atoms with E-state index < -0.39 is 0 Å². The number of aromatic nitrogens is 3. The lowest BCUT2D eigenvalue weighted by Gasteiger charge is -2.03. The summed E-state index contributed by atoms with van der Waals surface area (Å²) in [4.78, 5) is 4.39. The Balaban J connectivity index is 2.14. The van der Waals surface area contributed by atoms with Crippen molar-refractivity contribution >= 4 is 17.2 Å². The van der Waals surface area contributed by atoms with Gasteiger partial charge in [0.2, 0.25) is 0 Å². The van der Waals surface area contributed by atoms with Crippen LogP contribution in [0.4, 0.5) is 0 Å². The maximum Gasteiger partial charge on any atom is 0.160 e. The van der Waals surface area contributed by atoms with Gasteiger partial charge in [0.05, 0.1) is 12.0 Å². The number of rotatable bonds is 2. The highest BCUT2D eigenvalue weighted by Crippen LogP contribution is 2.46. The summed E-state index contributed by atoms with van der Waals surface area (Å²) in [6, 6.07) is 3.54. The highest BCUT2D eigenvalue weighted by Gasteiger charge is 2.47. The predicted octanol–water partition coefficient (Wildman–Crippen LogP) is 1.41. The van der Waals surface area contributed by atoms with E-state index in [2.05, 4.69) is 10.1 Å². The highest BCUT2D eigenvalue weighted by molar-refractivity contribution is 6.30. The molecule has 0 bridgehead atoms. The average molecular weight is 224 g/mol. The van der Waals surface area contributed by atoms with Gasteiger partial charge in [-0.25, -0.2) is 9.50 Å². The van der Waals surface area contributed by atoms with Crippen molar-refractivity contribution in [1.29, 1.82) is 0 Å². The van der Waals surface area contributed by atoms with Crippen molar-refractivity contribution in [3.63, 3.8) is 0 Å². The lowest BCUT2D eigenvalue weighted by Crippen LogP contribution is -2.14. The first-order chi connectivity index (χ1) is 7.23. The van der Waals surface area contributed by atoms with Crippen LogP contribution in [0, 0.1) is 0 Å². The summed E-state index contributed by atoms with van der Waals surface area (Å²) in [6.45, 7) is 0.123. The van der Waals surface area contributed by atoms with E-state index in [1.807, 2.05) is 0 Å². The van der Waals surface area contributed by atoms with E-state index in [4.69, 9.17) is 11.6 Å². The molecule has 15 heavy (non-hydrogen) atoms. The first-order valence-electron chi connectivity index (χ1n) is 4.87. The Hall–Kier alpha value is -1.13. The molecule has 2 heterocycles. The second-order valence-electron chi connectivity index (χ2n) is 4.02. The molecule has 0 radical (unpaired) electrons. The van der Waals surface area contributed by atoms with Crippen LogP contribution in [0.3, 0.4) is 0 Å². The number of fused-ring (bicyclic) bond motifs is 1. The van der Waals surface area contributed by atoms with Crippen molar-refractivity contribution in [2.24, 2.45) is 0 Å². The van der Waals surface area contributed by atoms with Crippen molar-refractivity contribution in [2.45, 2.75) is 18.3 Å². The molecule has 3 rings (SSSR count). The van der Waals surface area contributed by atoms with Gasteiger partial charge in [-0.3, -0.25) is 0 Å². The summed E-state index contributed by atoms with van der Waals surface area (Å²) in [5.74, 6) is 0.729. The van der Waals surface area contributed by atoms with Crippen LogP contribution in [0.25, 0.3) is 5.65 Å². The summed E-state index contributed by atoms with van der Waals surface area (Å²) in [6.07, 6.45) is 3.71. The van der Waals surface area contributed by atoms with E-state index >= 15 is 0 Å². The van der Waals surface area contributed by atoms with Gasteiger partial charge in [-0.1, -0.05) is 11.6 Å². The number of pyridine rings is 1. The molecule has 78 valence electrons. The maximum absolute atomic E-state index is 9.27. The third kappa shape index (κ3) is 1.33. The SMILES string of the molecule is OCC1(c2nc3cc(Cl)ccn3n2)CC1. The van der Waals surface area contributed by atoms with Crippen LogP contribution in [0.1, 0.15) is 18.7 Å². The molecule has 1 fully saturated rings. The average Bonchev–Trinajstić information content (AvgIpc) is 2.93. The van der Waals surface area contributed by atoms with E-state index in [9.17, 15) is 5.11 Å². The molecule has 2 aromatic rings. The quantitative estimate of drug-likeness (QED) is 0.838. The van der Waals surface area contributed by atoms with Gasteiger partial charge >= 0.3 is 0 Å². The number of hydrogen-bond acceptors (Lipinski definition) is 3. The number of halogens is 1. The van der Waals surface area contributed by atoms with Crippen LogP contribution in [0.2, 0.25) is 5.02 Å². The van der Waals surface area contributed by atoms with E-state index in [-0.39, 0.29) is 12.0 Å². The molecule has 0 amide bonds. The van der Waals surface area contributed by atoms with Crippen molar-refractivity contribution in [2.75, 3.05) is 6.61 Å². The van der Waals surface area contributed by atoms with Crippen molar-refractivity contribution in [3.8, 4) is 0 Å². The molecule has 0 atom stereocenters. The molecule has 1 aliphatic rings. The fourth-order valence-electron chi connectivity index (χ4n) is 1.68. The molecule has 1 N–H and O–H groups in total. The van der Waals surface area contributed by atoms with Crippen LogP contribution < -0.4 is 0 Å². The van der Waals surface area contributed by atoms with Gasteiger partial charge in [0.25, 0.3) is 0 Å². The standard InChI is InChI=1S/C10H10ClN3O/c11-7-1-4-14-8(5-7)12-9(13-14)10(6-15)2-3-10/h1,4-5,15H,2-3,6H2. The van der Waals surface area contributed by atoms with Crippen molar-refractivity contribution < 1.29 is 5.11 Å². The van der Waals surface area contributed by atoms with E-state index in [0.717, 1.165) is 24.3 Å². The maximum atomic E-state index is 9.27. The van der Waals surface area contributed by atoms with Gasteiger partial charge < -0.3 is 5.11 Å². The van der Waals surface area contributed by atoms with Crippen LogP contribution in [0.5, 0.6) is 0 Å². The lowest BCUT2D eigenvalue weighted by molar-refractivity contribution is 0.250. The number of aliphatic hydroxyl groups excluding tert-OH is 1. The molecular formula is C10H10ClN3O. The summed E-state index contributed by atoms with van der Waals surface area (Å²) in [5.41, 5.74) is 0.551. The Morgan fingerprint density at radius 3 is 3.00 bits per heavy atom. The molecule has 5 heteroatoms. The number of hydrogen-bond donors (Lipinski definition) is 1. The van der Waals surface area contributed by atoms with Gasteiger partial charge in [-0.2, -0.15) is 5.10 Å². The topological polar surface area (TPSA) is 50.4 Å². The minimum absolute atomic E-state index is 0.123. The van der Waals surface area contributed by atoms with Crippen LogP contribution in [0.15, 0.2) is 18.3 Å². The van der Waals surface area contributed by atoms with Gasteiger partial charge in [0.15, 0.2) is 11.5 Å². The summed E-state index contributed by atoms with van der Waals surface area (Å²) >= 11 is 5.86. The summed E-state index contributed by atoms with van der Waals surface area (Å²) in [5, 5.41) is 14.3. The van der Waals surface area contributed by atoms with Crippen LogP contribution in [-0.2, 0) is 5.41 Å². The Labute approximate surface area is 91.5 Å². The van der Waals surface area contributed by atoms with Crippen LogP contribution >= 0.6 is 11.6 Å². The monoisotopic (exact) mass is 223 g/mol. The third-order valence-electron chi connectivity index (χ3n) is 2.93. The zero-order valence-electron chi connectivity index (χ0n) is 8.02. The molecule has 1 aliphatic carbocycles. The molecule has 0 aromatic carbocycles.